The fourth-order valence-corrected chi connectivity index (χ4v) is 2.42. The first kappa shape index (κ1) is 14.9. The highest BCUT2D eigenvalue weighted by Gasteiger charge is 2.20. The van der Waals surface area contributed by atoms with Gasteiger partial charge < -0.3 is 14.8 Å². The molecule has 0 aliphatic carbocycles. The smallest absolute Gasteiger partial charge is 0.0637 e. The van der Waals surface area contributed by atoms with Crippen molar-refractivity contribution in [2.45, 2.75) is 70.6 Å². The van der Waals surface area contributed by atoms with E-state index in [9.17, 15) is 0 Å². The summed E-state index contributed by atoms with van der Waals surface area (Å²) in [6.45, 7) is 8.50. The van der Waals surface area contributed by atoms with Gasteiger partial charge in [0.05, 0.1) is 11.7 Å². The summed E-state index contributed by atoms with van der Waals surface area (Å²) in [7, 11) is 1.78. The van der Waals surface area contributed by atoms with E-state index in [4.69, 9.17) is 9.47 Å². The Balaban J connectivity index is 2.09. The molecule has 1 aliphatic rings. The summed E-state index contributed by atoms with van der Waals surface area (Å²) in [6.07, 6.45) is 6.46. The Morgan fingerprint density at radius 1 is 1.41 bits per heavy atom. The molecule has 0 aromatic heterocycles. The van der Waals surface area contributed by atoms with Gasteiger partial charge in [-0.15, -0.1) is 0 Å². The summed E-state index contributed by atoms with van der Waals surface area (Å²) in [5.74, 6) is 0. The molecule has 1 rings (SSSR count). The van der Waals surface area contributed by atoms with Crippen molar-refractivity contribution in [2.75, 3.05) is 20.3 Å². The number of hydrogen-bond donors (Lipinski definition) is 1. The van der Waals surface area contributed by atoms with Crippen molar-refractivity contribution in [2.24, 2.45) is 0 Å². The van der Waals surface area contributed by atoms with Crippen molar-refractivity contribution in [3.05, 3.63) is 0 Å². The van der Waals surface area contributed by atoms with Crippen LogP contribution in [0.25, 0.3) is 0 Å². The van der Waals surface area contributed by atoms with Gasteiger partial charge in [-0.25, -0.2) is 0 Å². The zero-order valence-corrected chi connectivity index (χ0v) is 11.9. The normalized spacial score (nSPS) is 23.6. The molecule has 1 N–H and O–H groups in total. The predicted octanol–water partition coefficient (Wildman–Crippen LogP) is 2.74. The summed E-state index contributed by atoms with van der Waals surface area (Å²) in [5.41, 5.74) is -0.0340. The van der Waals surface area contributed by atoms with Crippen LogP contribution >= 0.6 is 0 Å². The zero-order chi connectivity index (χ0) is 12.7. The molecule has 2 atom stereocenters. The summed E-state index contributed by atoms with van der Waals surface area (Å²) in [6, 6.07) is 0.494. The molecule has 1 saturated heterocycles. The van der Waals surface area contributed by atoms with Gasteiger partial charge in [0.1, 0.15) is 0 Å². The zero-order valence-electron chi connectivity index (χ0n) is 11.9. The summed E-state index contributed by atoms with van der Waals surface area (Å²) >= 11 is 0. The lowest BCUT2D eigenvalue weighted by atomic mass is 9.99. The van der Waals surface area contributed by atoms with Crippen molar-refractivity contribution in [3.8, 4) is 0 Å². The molecule has 0 aromatic carbocycles. The van der Waals surface area contributed by atoms with Gasteiger partial charge in [-0.1, -0.05) is 0 Å². The van der Waals surface area contributed by atoms with E-state index >= 15 is 0 Å². The quantitative estimate of drug-likeness (QED) is 0.746. The number of hydrogen-bond acceptors (Lipinski definition) is 3. The Morgan fingerprint density at radius 3 is 2.76 bits per heavy atom. The molecule has 0 aromatic rings. The van der Waals surface area contributed by atoms with E-state index in [0.29, 0.717) is 12.1 Å². The third-order valence-electron chi connectivity index (χ3n) is 3.58. The molecule has 0 radical (unpaired) electrons. The maximum Gasteiger partial charge on any atom is 0.0637 e. The fourth-order valence-electron chi connectivity index (χ4n) is 2.42. The lowest BCUT2D eigenvalue weighted by Crippen LogP contribution is -2.37. The monoisotopic (exact) mass is 243 g/mol. The number of ether oxygens (including phenoxy) is 2. The Bertz CT molecular complexity index is 200. The van der Waals surface area contributed by atoms with E-state index in [-0.39, 0.29) is 5.60 Å². The van der Waals surface area contributed by atoms with Gasteiger partial charge in [0.25, 0.3) is 0 Å². The second-order valence-corrected chi connectivity index (χ2v) is 5.80. The topological polar surface area (TPSA) is 30.5 Å². The SMILES string of the molecule is COC(C)(C)CC(C)NCCC1CCCCO1. The lowest BCUT2D eigenvalue weighted by Gasteiger charge is -2.28. The average Bonchev–Trinajstić information content (AvgIpc) is 2.30. The van der Waals surface area contributed by atoms with Crippen LogP contribution in [-0.4, -0.2) is 38.0 Å². The molecule has 1 heterocycles. The average molecular weight is 243 g/mol. The second-order valence-electron chi connectivity index (χ2n) is 5.80. The molecule has 102 valence electrons. The van der Waals surface area contributed by atoms with Crippen molar-refractivity contribution >= 4 is 0 Å². The summed E-state index contributed by atoms with van der Waals surface area (Å²) in [5, 5.41) is 3.56. The molecule has 2 unspecified atom stereocenters. The van der Waals surface area contributed by atoms with Crippen molar-refractivity contribution in [1.29, 1.82) is 0 Å². The van der Waals surface area contributed by atoms with Crippen LogP contribution in [0.4, 0.5) is 0 Å². The molecular formula is C14H29NO2. The third-order valence-corrected chi connectivity index (χ3v) is 3.58. The van der Waals surface area contributed by atoms with Gasteiger partial charge in [-0.2, -0.15) is 0 Å². The van der Waals surface area contributed by atoms with Crippen molar-refractivity contribution in [3.63, 3.8) is 0 Å². The van der Waals surface area contributed by atoms with Gasteiger partial charge in [-0.3, -0.25) is 0 Å². The van der Waals surface area contributed by atoms with E-state index in [1.807, 2.05) is 0 Å². The summed E-state index contributed by atoms with van der Waals surface area (Å²) in [4.78, 5) is 0. The standard InChI is InChI=1S/C14H29NO2/c1-12(11-14(2,3)16-4)15-9-8-13-7-5-6-10-17-13/h12-13,15H,5-11H2,1-4H3. The van der Waals surface area contributed by atoms with E-state index in [1.54, 1.807) is 7.11 Å². The Hall–Kier alpha value is -0.120. The Labute approximate surface area is 106 Å². The van der Waals surface area contributed by atoms with Crippen LogP contribution in [0, 0.1) is 0 Å². The van der Waals surface area contributed by atoms with Crippen LogP contribution in [0.3, 0.4) is 0 Å². The molecule has 0 spiro atoms. The molecule has 0 bridgehead atoms. The lowest BCUT2D eigenvalue weighted by molar-refractivity contribution is 0.00386. The summed E-state index contributed by atoms with van der Waals surface area (Å²) < 4.78 is 11.2. The fraction of sp³-hybridized carbons (Fsp3) is 1.00. The van der Waals surface area contributed by atoms with E-state index < -0.39 is 0 Å². The number of rotatable bonds is 7. The molecule has 1 fully saturated rings. The van der Waals surface area contributed by atoms with E-state index in [2.05, 4.69) is 26.1 Å². The minimum absolute atomic E-state index is 0.0340. The number of methoxy groups -OCH3 is 1. The third kappa shape index (κ3) is 6.39. The maximum atomic E-state index is 5.72. The molecule has 17 heavy (non-hydrogen) atoms. The van der Waals surface area contributed by atoms with Crippen LogP contribution in [0.15, 0.2) is 0 Å². The maximum absolute atomic E-state index is 5.72. The van der Waals surface area contributed by atoms with Crippen molar-refractivity contribution < 1.29 is 9.47 Å². The molecule has 1 aliphatic heterocycles. The van der Waals surface area contributed by atoms with Crippen LogP contribution in [0.1, 0.15) is 52.9 Å². The highest BCUT2D eigenvalue weighted by molar-refractivity contribution is 4.76. The van der Waals surface area contributed by atoms with Crippen LogP contribution in [-0.2, 0) is 9.47 Å². The predicted molar refractivity (Wildman–Crippen MR) is 71.4 cm³/mol. The van der Waals surface area contributed by atoms with Crippen LogP contribution < -0.4 is 5.32 Å². The van der Waals surface area contributed by atoms with Gasteiger partial charge in [0.2, 0.25) is 0 Å². The largest absolute Gasteiger partial charge is 0.379 e. The minimum Gasteiger partial charge on any atom is -0.379 e. The van der Waals surface area contributed by atoms with Crippen LogP contribution in [0.5, 0.6) is 0 Å². The van der Waals surface area contributed by atoms with Crippen LogP contribution in [0.2, 0.25) is 0 Å². The molecule has 3 nitrogen and oxygen atoms in total. The molecule has 0 saturated carbocycles. The van der Waals surface area contributed by atoms with E-state index in [1.165, 1.54) is 19.3 Å². The highest BCUT2D eigenvalue weighted by atomic mass is 16.5. The Morgan fingerprint density at radius 2 is 2.18 bits per heavy atom. The van der Waals surface area contributed by atoms with E-state index in [0.717, 1.165) is 26.0 Å². The first-order valence-electron chi connectivity index (χ1n) is 6.93. The van der Waals surface area contributed by atoms with Gasteiger partial charge in [-0.05, 0) is 59.4 Å². The van der Waals surface area contributed by atoms with Gasteiger partial charge in [0.15, 0.2) is 0 Å². The first-order valence-corrected chi connectivity index (χ1v) is 6.93. The molecular weight excluding hydrogens is 214 g/mol. The number of nitrogens with one attached hydrogen (secondary N) is 1. The molecule has 0 amide bonds. The highest BCUT2D eigenvalue weighted by Crippen LogP contribution is 2.17. The minimum atomic E-state index is -0.0340. The molecule has 3 heteroatoms. The van der Waals surface area contributed by atoms with Crippen molar-refractivity contribution in [1.82, 2.24) is 5.32 Å². The Kier molecular flexibility index (Phi) is 6.45. The first-order chi connectivity index (χ1) is 8.03. The van der Waals surface area contributed by atoms with Gasteiger partial charge >= 0.3 is 0 Å². The van der Waals surface area contributed by atoms with Gasteiger partial charge in [0, 0.05) is 19.8 Å². The second kappa shape index (κ2) is 7.34.